The maximum Gasteiger partial charge on any atom is 0.277 e. The Morgan fingerprint density at radius 3 is 2.48 bits per heavy atom. The van der Waals surface area contributed by atoms with E-state index < -0.39 is 0 Å². The van der Waals surface area contributed by atoms with Gasteiger partial charge in [-0.2, -0.15) is 5.10 Å². The molecule has 0 aliphatic carbocycles. The van der Waals surface area contributed by atoms with Gasteiger partial charge in [-0.15, -0.1) is 0 Å². The molecule has 1 N–H and O–H groups in total. The molecule has 3 rings (SSSR count). The van der Waals surface area contributed by atoms with E-state index in [0.717, 1.165) is 28.4 Å². The number of amides is 1. The van der Waals surface area contributed by atoms with Gasteiger partial charge in [-0.1, -0.05) is 12.1 Å². The van der Waals surface area contributed by atoms with Crippen molar-refractivity contribution in [2.24, 2.45) is 5.10 Å². The minimum atomic E-state index is -0.329. The molecule has 1 heterocycles. The van der Waals surface area contributed by atoms with Gasteiger partial charge in [0.15, 0.2) is 6.61 Å². The largest absolute Gasteiger partial charge is 0.497 e. The van der Waals surface area contributed by atoms with E-state index in [0.29, 0.717) is 5.75 Å². The zero-order chi connectivity index (χ0) is 20.8. The van der Waals surface area contributed by atoms with Crippen molar-refractivity contribution in [1.82, 2.24) is 9.99 Å². The highest BCUT2D eigenvalue weighted by atomic mass is 16.5. The topological polar surface area (TPSA) is 64.8 Å². The molecular formula is C23H25N3O3. The van der Waals surface area contributed by atoms with Crippen LogP contribution in [0.2, 0.25) is 0 Å². The maximum atomic E-state index is 12.0. The third kappa shape index (κ3) is 5.04. The lowest BCUT2D eigenvalue weighted by atomic mass is 10.2. The van der Waals surface area contributed by atoms with Crippen LogP contribution >= 0.6 is 0 Å². The molecule has 0 spiro atoms. The molecule has 0 aliphatic heterocycles. The van der Waals surface area contributed by atoms with Gasteiger partial charge in [0.05, 0.1) is 13.3 Å². The Labute approximate surface area is 170 Å². The molecule has 1 amide bonds. The van der Waals surface area contributed by atoms with Crippen LogP contribution in [0.15, 0.2) is 59.7 Å². The van der Waals surface area contributed by atoms with Crippen molar-refractivity contribution in [1.29, 1.82) is 0 Å². The number of hydrogen-bond donors (Lipinski definition) is 1. The summed E-state index contributed by atoms with van der Waals surface area (Å²) in [5.41, 5.74) is 7.91. The molecule has 29 heavy (non-hydrogen) atoms. The summed E-state index contributed by atoms with van der Waals surface area (Å²) in [6.07, 6.45) is 1.65. The monoisotopic (exact) mass is 391 g/mol. The quantitative estimate of drug-likeness (QED) is 0.490. The van der Waals surface area contributed by atoms with E-state index in [4.69, 9.17) is 9.47 Å². The average Bonchev–Trinajstić information content (AvgIpc) is 3.00. The van der Waals surface area contributed by atoms with Crippen molar-refractivity contribution in [2.75, 3.05) is 13.7 Å². The lowest BCUT2D eigenvalue weighted by Crippen LogP contribution is -2.24. The van der Waals surface area contributed by atoms with Crippen LogP contribution in [0.25, 0.3) is 5.69 Å². The van der Waals surface area contributed by atoms with E-state index in [1.165, 1.54) is 5.56 Å². The molecule has 0 atom stereocenters. The molecule has 0 bridgehead atoms. The summed E-state index contributed by atoms with van der Waals surface area (Å²) < 4.78 is 12.7. The third-order valence-electron chi connectivity index (χ3n) is 4.55. The second-order valence-corrected chi connectivity index (χ2v) is 6.76. The number of aromatic nitrogens is 1. The minimum absolute atomic E-state index is 0.119. The lowest BCUT2D eigenvalue weighted by molar-refractivity contribution is -0.123. The number of benzene rings is 2. The summed E-state index contributed by atoms with van der Waals surface area (Å²) in [5, 5.41) is 4.07. The molecule has 150 valence electrons. The van der Waals surface area contributed by atoms with Crippen LogP contribution in [0, 0.1) is 20.8 Å². The number of nitrogens with zero attached hydrogens (tertiary/aromatic N) is 2. The van der Waals surface area contributed by atoms with Gasteiger partial charge in [0.1, 0.15) is 11.5 Å². The Morgan fingerprint density at radius 1 is 1.07 bits per heavy atom. The second-order valence-electron chi connectivity index (χ2n) is 6.76. The van der Waals surface area contributed by atoms with Crippen molar-refractivity contribution < 1.29 is 14.3 Å². The Hall–Kier alpha value is -3.54. The second kappa shape index (κ2) is 9.10. The van der Waals surface area contributed by atoms with Crippen molar-refractivity contribution >= 4 is 12.1 Å². The first-order valence-electron chi connectivity index (χ1n) is 9.32. The standard InChI is InChI=1S/C23H25N3O3/c1-16-6-5-7-20(12-16)26-17(2)13-19(18(26)3)14-24-25-23(27)15-29-22-10-8-21(28-4)9-11-22/h5-14H,15H2,1-4H3,(H,25,27)/b24-14+. The number of hydrogen-bond acceptors (Lipinski definition) is 4. The fourth-order valence-corrected chi connectivity index (χ4v) is 3.11. The van der Waals surface area contributed by atoms with Gasteiger partial charge in [-0.05, 0) is 68.8 Å². The van der Waals surface area contributed by atoms with Gasteiger partial charge in [0.2, 0.25) is 0 Å². The first kappa shape index (κ1) is 20.2. The predicted molar refractivity (Wildman–Crippen MR) is 114 cm³/mol. The molecular weight excluding hydrogens is 366 g/mol. The summed E-state index contributed by atoms with van der Waals surface area (Å²) in [7, 11) is 1.60. The minimum Gasteiger partial charge on any atom is -0.497 e. The maximum absolute atomic E-state index is 12.0. The van der Waals surface area contributed by atoms with Gasteiger partial charge in [-0.3, -0.25) is 4.79 Å². The van der Waals surface area contributed by atoms with Crippen LogP contribution in [0.3, 0.4) is 0 Å². The molecule has 6 nitrogen and oxygen atoms in total. The molecule has 0 saturated carbocycles. The van der Waals surface area contributed by atoms with Gasteiger partial charge < -0.3 is 14.0 Å². The summed E-state index contributed by atoms with van der Waals surface area (Å²) in [6, 6.07) is 17.4. The first-order chi connectivity index (χ1) is 14.0. The van der Waals surface area contributed by atoms with E-state index in [-0.39, 0.29) is 12.5 Å². The van der Waals surface area contributed by atoms with Gasteiger partial charge in [0, 0.05) is 22.6 Å². The Balaban J connectivity index is 1.60. The van der Waals surface area contributed by atoms with Crippen molar-refractivity contribution in [3.63, 3.8) is 0 Å². The third-order valence-corrected chi connectivity index (χ3v) is 4.55. The highest BCUT2D eigenvalue weighted by Crippen LogP contribution is 2.20. The molecule has 0 fully saturated rings. The fourth-order valence-electron chi connectivity index (χ4n) is 3.11. The highest BCUT2D eigenvalue weighted by Gasteiger charge is 2.09. The number of methoxy groups -OCH3 is 1. The smallest absolute Gasteiger partial charge is 0.277 e. The van der Waals surface area contributed by atoms with Crippen LogP contribution in [0.4, 0.5) is 0 Å². The van der Waals surface area contributed by atoms with E-state index in [1.807, 2.05) is 26.0 Å². The van der Waals surface area contributed by atoms with Gasteiger partial charge in [-0.25, -0.2) is 5.43 Å². The summed E-state index contributed by atoms with van der Waals surface area (Å²) >= 11 is 0. The zero-order valence-corrected chi connectivity index (χ0v) is 17.1. The fraction of sp³-hybridized carbons (Fsp3) is 0.217. The van der Waals surface area contributed by atoms with Crippen molar-refractivity contribution in [2.45, 2.75) is 20.8 Å². The van der Waals surface area contributed by atoms with Gasteiger partial charge >= 0.3 is 0 Å². The number of nitrogens with one attached hydrogen (secondary N) is 1. The molecule has 6 heteroatoms. The first-order valence-corrected chi connectivity index (χ1v) is 9.32. The van der Waals surface area contributed by atoms with E-state index >= 15 is 0 Å². The zero-order valence-electron chi connectivity index (χ0n) is 17.1. The van der Waals surface area contributed by atoms with E-state index in [2.05, 4.69) is 40.2 Å². The average molecular weight is 391 g/mol. The van der Waals surface area contributed by atoms with Crippen molar-refractivity contribution in [3.05, 3.63) is 77.1 Å². The number of carbonyl (C=O) groups is 1. The molecule has 0 radical (unpaired) electrons. The van der Waals surface area contributed by atoms with Crippen LogP contribution in [-0.4, -0.2) is 30.4 Å². The van der Waals surface area contributed by atoms with E-state index in [9.17, 15) is 4.79 Å². The van der Waals surface area contributed by atoms with Gasteiger partial charge in [0.25, 0.3) is 5.91 Å². The highest BCUT2D eigenvalue weighted by molar-refractivity contribution is 5.84. The Morgan fingerprint density at radius 2 is 1.79 bits per heavy atom. The number of aryl methyl sites for hydroxylation is 2. The van der Waals surface area contributed by atoms with Crippen LogP contribution in [-0.2, 0) is 4.79 Å². The molecule has 0 saturated heterocycles. The molecule has 2 aromatic carbocycles. The summed E-state index contributed by atoms with van der Waals surface area (Å²) in [6.45, 7) is 6.04. The molecule has 0 unspecified atom stereocenters. The summed E-state index contributed by atoms with van der Waals surface area (Å²) in [5.74, 6) is 0.992. The molecule has 0 aliphatic rings. The summed E-state index contributed by atoms with van der Waals surface area (Å²) in [4.78, 5) is 12.0. The Kier molecular flexibility index (Phi) is 6.34. The molecule has 3 aromatic rings. The number of hydrazone groups is 1. The number of ether oxygens (including phenoxy) is 2. The van der Waals surface area contributed by atoms with E-state index in [1.54, 1.807) is 37.6 Å². The Bertz CT molecular complexity index is 1020. The normalized spacial score (nSPS) is 10.9. The number of carbonyl (C=O) groups excluding carboxylic acids is 1. The SMILES string of the molecule is COc1ccc(OCC(=O)N/N=C/c2cc(C)n(-c3cccc(C)c3)c2C)cc1. The lowest BCUT2D eigenvalue weighted by Gasteiger charge is -2.10. The molecule has 1 aromatic heterocycles. The predicted octanol–water partition coefficient (Wildman–Crippen LogP) is 3.94. The van der Waals surface area contributed by atoms with Crippen LogP contribution in [0.1, 0.15) is 22.5 Å². The van der Waals surface area contributed by atoms with Crippen molar-refractivity contribution in [3.8, 4) is 17.2 Å². The number of rotatable bonds is 7. The van der Waals surface area contributed by atoms with Crippen LogP contribution in [0.5, 0.6) is 11.5 Å². The van der Waals surface area contributed by atoms with Crippen LogP contribution < -0.4 is 14.9 Å².